The lowest BCUT2D eigenvalue weighted by molar-refractivity contribution is 0.112. The predicted molar refractivity (Wildman–Crippen MR) is 55.2 cm³/mol. The zero-order chi connectivity index (χ0) is 10.1. The molecule has 0 fully saturated rings. The summed E-state index contributed by atoms with van der Waals surface area (Å²) in [7, 11) is 1.55. The fourth-order valence-corrected chi connectivity index (χ4v) is 1.68. The number of hydrogen-bond acceptors (Lipinski definition) is 2. The first-order valence-corrected chi connectivity index (χ1v) is 4.44. The Bertz CT molecular complexity index is 490. The third kappa shape index (κ3) is 1.26. The van der Waals surface area contributed by atoms with Crippen molar-refractivity contribution >= 4 is 28.8 Å². The quantitative estimate of drug-likeness (QED) is 0.773. The second-order valence-electron chi connectivity index (χ2n) is 2.89. The van der Waals surface area contributed by atoms with Gasteiger partial charge in [-0.25, -0.2) is 0 Å². The van der Waals surface area contributed by atoms with Gasteiger partial charge in [-0.15, -0.1) is 0 Å². The van der Waals surface area contributed by atoms with E-state index in [1.807, 2.05) is 0 Å². The first kappa shape index (κ1) is 9.09. The van der Waals surface area contributed by atoms with Crippen molar-refractivity contribution in [2.24, 2.45) is 0 Å². The highest BCUT2D eigenvalue weighted by Crippen LogP contribution is 2.31. The summed E-state index contributed by atoms with van der Waals surface area (Å²) in [6.07, 6.45) is 2.42. The summed E-state index contributed by atoms with van der Waals surface area (Å²) in [6, 6.07) is 3.44. The van der Waals surface area contributed by atoms with Gasteiger partial charge in [0.2, 0.25) is 0 Å². The molecule has 0 radical (unpaired) electrons. The SMILES string of the molecule is COc1cc(Cl)cc2[nH]cc(C=O)c12. The third-order valence-electron chi connectivity index (χ3n) is 2.09. The fraction of sp³-hybridized carbons (Fsp3) is 0.100. The summed E-state index contributed by atoms with van der Waals surface area (Å²) in [5.41, 5.74) is 1.38. The largest absolute Gasteiger partial charge is 0.496 e. The molecule has 14 heavy (non-hydrogen) atoms. The van der Waals surface area contributed by atoms with Crippen LogP contribution in [0.1, 0.15) is 10.4 Å². The van der Waals surface area contributed by atoms with Gasteiger partial charge in [0.25, 0.3) is 0 Å². The molecule has 3 nitrogen and oxygen atoms in total. The highest BCUT2D eigenvalue weighted by atomic mass is 35.5. The number of methoxy groups -OCH3 is 1. The number of carbonyl (C=O) groups excluding carboxylic acids is 1. The maximum atomic E-state index is 10.7. The molecule has 0 spiro atoms. The minimum absolute atomic E-state index is 0.577. The molecule has 72 valence electrons. The molecule has 0 saturated heterocycles. The van der Waals surface area contributed by atoms with E-state index in [9.17, 15) is 4.79 Å². The van der Waals surface area contributed by atoms with E-state index < -0.39 is 0 Å². The Morgan fingerprint density at radius 1 is 1.50 bits per heavy atom. The Morgan fingerprint density at radius 3 is 2.93 bits per heavy atom. The van der Waals surface area contributed by atoms with E-state index in [0.717, 1.165) is 17.2 Å². The molecule has 2 rings (SSSR count). The van der Waals surface area contributed by atoms with Crippen molar-refractivity contribution in [3.05, 3.63) is 28.9 Å². The summed E-state index contributed by atoms with van der Waals surface area (Å²) in [5.74, 6) is 0.607. The zero-order valence-corrected chi connectivity index (χ0v) is 8.26. The molecule has 0 aliphatic carbocycles. The van der Waals surface area contributed by atoms with Crippen LogP contribution in [0.25, 0.3) is 10.9 Å². The monoisotopic (exact) mass is 209 g/mol. The van der Waals surface area contributed by atoms with Crippen molar-refractivity contribution < 1.29 is 9.53 Å². The van der Waals surface area contributed by atoms with E-state index in [0.29, 0.717) is 16.3 Å². The minimum atomic E-state index is 0.577. The molecule has 1 aromatic carbocycles. The average Bonchev–Trinajstić information content (AvgIpc) is 2.59. The normalized spacial score (nSPS) is 10.4. The molecular weight excluding hydrogens is 202 g/mol. The second kappa shape index (κ2) is 3.35. The molecule has 1 N–H and O–H groups in total. The third-order valence-corrected chi connectivity index (χ3v) is 2.30. The molecule has 0 amide bonds. The van der Waals surface area contributed by atoms with Gasteiger partial charge in [-0.3, -0.25) is 4.79 Å². The Labute approximate surface area is 85.6 Å². The van der Waals surface area contributed by atoms with Crippen molar-refractivity contribution in [2.75, 3.05) is 7.11 Å². The first-order chi connectivity index (χ1) is 6.76. The zero-order valence-electron chi connectivity index (χ0n) is 7.50. The van der Waals surface area contributed by atoms with E-state index in [2.05, 4.69) is 4.98 Å². The molecule has 2 aromatic rings. The number of rotatable bonds is 2. The van der Waals surface area contributed by atoms with Crippen molar-refractivity contribution in [3.8, 4) is 5.75 Å². The van der Waals surface area contributed by atoms with Crippen LogP contribution in [-0.4, -0.2) is 18.4 Å². The lowest BCUT2D eigenvalue weighted by Crippen LogP contribution is -1.85. The summed E-state index contributed by atoms with van der Waals surface area (Å²) < 4.78 is 5.15. The average molecular weight is 210 g/mol. The van der Waals surface area contributed by atoms with Gasteiger partial charge in [0.05, 0.1) is 18.0 Å². The number of aromatic nitrogens is 1. The van der Waals surface area contributed by atoms with Crippen molar-refractivity contribution in [1.82, 2.24) is 4.98 Å². The maximum absolute atomic E-state index is 10.7. The van der Waals surface area contributed by atoms with E-state index >= 15 is 0 Å². The Morgan fingerprint density at radius 2 is 2.29 bits per heavy atom. The number of aldehydes is 1. The van der Waals surface area contributed by atoms with Crippen LogP contribution in [0.3, 0.4) is 0 Å². The van der Waals surface area contributed by atoms with Crippen LogP contribution in [0.4, 0.5) is 0 Å². The number of H-pyrrole nitrogens is 1. The van der Waals surface area contributed by atoms with Crippen LogP contribution >= 0.6 is 11.6 Å². The van der Waals surface area contributed by atoms with E-state index in [-0.39, 0.29) is 0 Å². The molecular formula is C10H8ClNO2. The van der Waals surface area contributed by atoms with Crippen LogP contribution in [0.2, 0.25) is 5.02 Å². The number of aromatic amines is 1. The fourth-order valence-electron chi connectivity index (χ4n) is 1.48. The van der Waals surface area contributed by atoms with Crippen molar-refractivity contribution in [1.29, 1.82) is 0 Å². The van der Waals surface area contributed by atoms with Gasteiger partial charge in [-0.2, -0.15) is 0 Å². The molecule has 0 aliphatic heterocycles. The Balaban J connectivity index is 2.85. The van der Waals surface area contributed by atoms with Crippen LogP contribution in [-0.2, 0) is 0 Å². The lowest BCUT2D eigenvalue weighted by atomic mass is 10.1. The van der Waals surface area contributed by atoms with Gasteiger partial charge in [0, 0.05) is 16.8 Å². The number of benzene rings is 1. The smallest absolute Gasteiger partial charge is 0.152 e. The maximum Gasteiger partial charge on any atom is 0.152 e. The van der Waals surface area contributed by atoms with Crippen LogP contribution < -0.4 is 4.74 Å². The lowest BCUT2D eigenvalue weighted by Gasteiger charge is -2.02. The van der Waals surface area contributed by atoms with Crippen LogP contribution in [0, 0.1) is 0 Å². The van der Waals surface area contributed by atoms with Gasteiger partial charge in [-0.05, 0) is 12.1 Å². The topological polar surface area (TPSA) is 42.1 Å². The van der Waals surface area contributed by atoms with Gasteiger partial charge in [-0.1, -0.05) is 11.6 Å². The number of fused-ring (bicyclic) bond motifs is 1. The molecule has 1 aromatic heterocycles. The van der Waals surface area contributed by atoms with E-state index in [4.69, 9.17) is 16.3 Å². The van der Waals surface area contributed by atoms with Gasteiger partial charge in [0.1, 0.15) is 5.75 Å². The summed E-state index contributed by atoms with van der Waals surface area (Å²) in [4.78, 5) is 13.7. The molecule has 0 bridgehead atoms. The highest BCUT2D eigenvalue weighted by Gasteiger charge is 2.09. The molecule has 0 saturated carbocycles. The first-order valence-electron chi connectivity index (χ1n) is 4.06. The second-order valence-corrected chi connectivity index (χ2v) is 3.33. The standard InChI is InChI=1S/C10H8ClNO2/c1-14-9-3-7(11)2-8-10(9)6(5-13)4-12-8/h2-5,12H,1H3. The van der Waals surface area contributed by atoms with Gasteiger partial charge < -0.3 is 9.72 Å². The molecule has 4 heteroatoms. The Hall–Kier alpha value is -1.48. The molecule has 0 aliphatic rings. The minimum Gasteiger partial charge on any atom is -0.496 e. The number of halogens is 1. The van der Waals surface area contributed by atoms with Gasteiger partial charge >= 0.3 is 0 Å². The predicted octanol–water partition coefficient (Wildman–Crippen LogP) is 2.64. The number of carbonyl (C=O) groups is 1. The Kier molecular flexibility index (Phi) is 2.17. The van der Waals surface area contributed by atoms with Crippen LogP contribution in [0.5, 0.6) is 5.75 Å². The van der Waals surface area contributed by atoms with Crippen molar-refractivity contribution in [2.45, 2.75) is 0 Å². The van der Waals surface area contributed by atoms with Crippen LogP contribution in [0.15, 0.2) is 18.3 Å². The molecule has 0 atom stereocenters. The van der Waals surface area contributed by atoms with Gasteiger partial charge in [0.15, 0.2) is 6.29 Å². The summed E-state index contributed by atoms with van der Waals surface area (Å²) >= 11 is 5.87. The van der Waals surface area contributed by atoms with E-state index in [1.165, 1.54) is 0 Å². The number of nitrogens with one attached hydrogen (secondary N) is 1. The van der Waals surface area contributed by atoms with Crippen molar-refractivity contribution in [3.63, 3.8) is 0 Å². The number of hydrogen-bond donors (Lipinski definition) is 1. The summed E-state index contributed by atoms with van der Waals surface area (Å²) in [5, 5.41) is 1.35. The summed E-state index contributed by atoms with van der Waals surface area (Å²) in [6.45, 7) is 0. The molecule has 0 unspecified atom stereocenters. The number of ether oxygens (including phenoxy) is 1. The van der Waals surface area contributed by atoms with E-state index in [1.54, 1.807) is 25.4 Å². The highest BCUT2D eigenvalue weighted by molar-refractivity contribution is 6.31. The molecule has 1 heterocycles.